The summed E-state index contributed by atoms with van der Waals surface area (Å²) < 4.78 is 13.3. The van der Waals surface area contributed by atoms with Crippen LogP contribution in [0.2, 0.25) is 0 Å². The Morgan fingerprint density at radius 2 is 1.94 bits per heavy atom. The predicted molar refractivity (Wildman–Crippen MR) is 65.6 cm³/mol. The fourth-order valence-corrected chi connectivity index (χ4v) is 1.99. The molecule has 1 rings (SSSR count). The molecule has 2 nitrogen and oxygen atoms in total. The van der Waals surface area contributed by atoms with Crippen molar-refractivity contribution in [1.82, 2.24) is 4.90 Å². The summed E-state index contributed by atoms with van der Waals surface area (Å²) in [7, 11) is 0. The molecule has 1 atom stereocenters. The van der Waals surface area contributed by atoms with Crippen molar-refractivity contribution in [1.29, 1.82) is 0 Å². The molecule has 90 valence electrons. The van der Waals surface area contributed by atoms with E-state index in [0.717, 1.165) is 18.7 Å². The Morgan fingerprint density at radius 3 is 2.44 bits per heavy atom. The van der Waals surface area contributed by atoms with Crippen LogP contribution in [0.25, 0.3) is 0 Å². The van der Waals surface area contributed by atoms with Crippen molar-refractivity contribution in [3.63, 3.8) is 0 Å². The molecule has 1 unspecified atom stereocenters. The number of benzene rings is 1. The smallest absolute Gasteiger partial charge is 0.127 e. The normalized spacial score (nSPS) is 13.1. The average Bonchev–Trinajstić information content (AvgIpc) is 2.31. The SMILES string of the molecule is CCN(CC)C(C)c1ccc(F)c(CN)c1. The first kappa shape index (κ1) is 13.1. The maximum Gasteiger partial charge on any atom is 0.127 e. The third-order valence-electron chi connectivity index (χ3n) is 3.13. The van der Waals surface area contributed by atoms with Gasteiger partial charge in [0.15, 0.2) is 0 Å². The molecule has 0 spiro atoms. The van der Waals surface area contributed by atoms with Gasteiger partial charge in [-0.15, -0.1) is 0 Å². The van der Waals surface area contributed by atoms with Crippen molar-refractivity contribution >= 4 is 0 Å². The lowest BCUT2D eigenvalue weighted by atomic mass is 10.0. The van der Waals surface area contributed by atoms with E-state index < -0.39 is 0 Å². The zero-order valence-corrected chi connectivity index (χ0v) is 10.3. The minimum absolute atomic E-state index is 0.210. The van der Waals surface area contributed by atoms with Crippen LogP contribution < -0.4 is 5.73 Å². The average molecular weight is 224 g/mol. The van der Waals surface area contributed by atoms with Crippen LogP contribution in [-0.2, 0) is 6.54 Å². The van der Waals surface area contributed by atoms with Crippen LogP contribution in [0.4, 0.5) is 4.39 Å². The van der Waals surface area contributed by atoms with Gasteiger partial charge in [0, 0.05) is 18.2 Å². The first-order chi connectivity index (χ1) is 7.63. The Balaban J connectivity index is 2.95. The van der Waals surface area contributed by atoms with Gasteiger partial charge in [-0.1, -0.05) is 26.0 Å². The van der Waals surface area contributed by atoms with Crippen LogP contribution in [0, 0.1) is 5.82 Å². The highest BCUT2D eigenvalue weighted by molar-refractivity contribution is 5.27. The summed E-state index contributed by atoms with van der Waals surface area (Å²) in [6, 6.07) is 5.54. The molecule has 0 aromatic heterocycles. The van der Waals surface area contributed by atoms with E-state index in [1.165, 1.54) is 6.07 Å². The highest BCUT2D eigenvalue weighted by Crippen LogP contribution is 2.21. The number of rotatable bonds is 5. The van der Waals surface area contributed by atoms with E-state index in [1.807, 2.05) is 12.1 Å². The minimum Gasteiger partial charge on any atom is -0.326 e. The Bertz CT molecular complexity index is 335. The van der Waals surface area contributed by atoms with Crippen LogP contribution in [0.15, 0.2) is 18.2 Å². The van der Waals surface area contributed by atoms with E-state index in [4.69, 9.17) is 5.73 Å². The second kappa shape index (κ2) is 5.97. The second-order valence-electron chi connectivity index (χ2n) is 3.95. The van der Waals surface area contributed by atoms with Crippen LogP contribution in [0.1, 0.15) is 37.9 Å². The Hall–Kier alpha value is -0.930. The minimum atomic E-state index is -0.210. The molecule has 0 heterocycles. The Morgan fingerprint density at radius 1 is 1.31 bits per heavy atom. The summed E-state index contributed by atoms with van der Waals surface area (Å²) in [6.07, 6.45) is 0. The number of nitrogens with two attached hydrogens (primary N) is 1. The molecular weight excluding hydrogens is 203 g/mol. The number of halogens is 1. The predicted octanol–water partition coefficient (Wildman–Crippen LogP) is 2.69. The summed E-state index contributed by atoms with van der Waals surface area (Å²) in [5.41, 5.74) is 7.23. The first-order valence-electron chi connectivity index (χ1n) is 5.86. The van der Waals surface area contributed by atoms with E-state index in [-0.39, 0.29) is 12.4 Å². The summed E-state index contributed by atoms with van der Waals surface area (Å²) in [5, 5.41) is 0. The Labute approximate surface area is 97.3 Å². The maximum atomic E-state index is 13.3. The summed E-state index contributed by atoms with van der Waals surface area (Å²) in [6.45, 7) is 8.64. The van der Waals surface area contributed by atoms with Crippen molar-refractivity contribution in [2.24, 2.45) is 5.73 Å². The molecule has 0 saturated carbocycles. The van der Waals surface area contributed by atoms with Crippen LogP contribution >= 0.6 is 0 Å². The standard InChI is InChI=1S/C13H21FN2/c1-4-16(5-2)10(3)11-6-7-13(14)12(8-11)9-15/h6-8,10H,4-5,9,15H2,1-3H3. The quantitative estimate of drug-likeness (QED) is 0.833. The van der Waals surface area contributed by atoms with Crippen molar-refractivity contribution in [3.8, 4) is 0 Å². The van der Waals surface area contributed by atoms with E-state index in [9.17, 15) is 4.39 Å². The monoisotopic (exact) mass is 224 g/mol. The van der Waals surface area contributed by atoms with Crippen molar-refractivity contribution < 1.29 is 4.39 Å². The highest BCUT2D eigenvalue weighted by Gasteiger charge is 2.13. The molecule has 16 heavy (non-hydrogen) atoms. The van der Waals surface area contributed by atoms with Crippen molar-refractivity contribution in [2.45, 2.75) is 33.4 Å². The van der Waals surface area contributed by atoms with Crippen LogP contribution in [0.5, 0.6) is 0 Å². The van der Waals surface area contributed by atoms with Gasteiger partial charge in [-0.05, 0) is 31.6 Å². The number of hydrogen-bond acceptors (Lipinski definition) is 2. The molecule has 2 N–H and O–H groups in total. The topological polar surface area (TPSA) is 29.3 Å². The molecule has 0 aliphatic heterocycles. The fraction of sp³-hybridized carbons (Fsp3) is 0.538. The molecule has 1 aromatic carbocycles. The summed E-state index contributed by atoms with van der Waals surface area (Å²) in [4.78, 5) is 2.33. The van der Waals surface area contributed by atoms with Gasteiger partial charge in [0.1, 0.15) is 5.82 Å². The van der Waals surface area contributed by atoms with Gasteiger partial charge >= 0.3 is 0 Å². The summed E-state index contributed by atoms with van der Waals surface area (Å²) in [5.74, 6) is -0.210. The van der Waals surface area contributed by atoms with E-state index in [2.05, 4.69) is 25.7 Å². The maximum absolute atomic E-state index is 13.3. The van der Waals surface area contributed by atoms with Gasteiger partial charge in [-0.2, -0.15) is 0 Å². The molecule has 0 aliphatic rings. The fourth-order valence-electron chi connectivity index (χ4n) is 1.99. The molecule has 0 amide bonds. The highest BCUT2D eigenvalue weighted by atomic mass is 19.1. The van der Waals surface area contributed by atoms with Gasteiger partial charge in [0.25, 0.3) is 0 Å². The molecular formula is C13H21FN2. The third-order valence-corrected chi connectivity index (χ3v) is 3.13. The van der Waals surface area contributed by atoms with Crippen molar-refractivity contribution in [3.05, 3.63) is 35.1 Å². The van der Waals surface area contributed by atoms with Crippen molar-refractivity contribution in [2.75, 3.05) is 13.1 Å². The summed E-state index contributed by atoms with van der Waals surface area (Å²) >= 11 is 0. The van der Waals surface area contributed by atoms with Gasteiger partial charge < -0.3 is 5.73 Å². The number of hydrogen-bond donors (Lipinski definition) is 1. The largest absolute Gasteiger partial charge is 0.326 e. The molecule has 0 aliphatic carbocycles. The second-order valence-corrected chi connectivity index (χ2v) is 3.95. The van der Waals surface area contributed by atoms with E-state index in [1.54, 1.807) is 0 Å². The van der Waals surface area contributed by atoms with E-state index >= 15 is 0 Å². The van der Waals surface area contributed by atoms with Gasteiger partial charge in [0.2, 0.25) is 0 Å². The van der Waals surface area contributed by atoms with Crippen LogP contribution in [0.3, 0.4) is 0 Å². The molecule has 0 saturated heterocycles. The van der Waals surface area contributed by atoms with E-state index in [0.29, 0.717) is 11.6 Å². The molecule has 0 radical (unpaired) electrons. The van der Waals surface area contributed by atoms with Gasteiger partial charge in [0.05, 0.1) is 0 Å². The van der Waals surface area contributed by atoms with Gasteiger partial charge in [-0.3, -0.25) is 4.90 Å². The zero-order valence-electron chi connectivity index (χ0n) is 10.3. The first-order valence-corrected chi connectivity index (χ1v) is 5.86. The zero-order chi connectivity index (χ0) is 12.1. The lowest BCUT2D eigenvalue weighted by Crippen LogP contribution is -2.26. The molecule has 0 bridgehead atoms. The molecule has 0 fully saturated rings. The molecule has 1 aromatic rings. The van der Waals surface area contributed by atoms with Gasteiger partial charge in [-0.25, -0.2) is 4.39 Å². The molecule has 3 heteroatoms. The Kier molecular flexibility index (Phi) is 4.90. The third kappa shape index (κ3) is 2.80. The number of nitrogens with zero attached hydrogens (tertiary/aromatic N) is 1. The lowest BCUT2D eigenvalue weighted by molar-refractivity contribution is 0.234. The van der Waals surface area contributed by atoms with Crippen LogP contribution in [-0.4, -0.2) is 18.0 Å². The lowest BCUT2D eigenvalue weighted by Gasteiger charge is -2.27.